The van der Waals surface area contributed by atoms with Crippen LogP contribution in [-0.4, -0.2) is 20.8 Å². The fourth-order valence-corrected chi connectivity index (χ4v) is 3.84. The van der Waals surface area contributed by atoms with Gasteiger partial charge in [0.15, 0.2) is 0 Å². The second kappa shape index (κ2) is 7.24. The van der Waals surface area contributed by atoms with Gasteiger partial charge in [-0.05, 0) is 31.0 Å². The number of carbonyl (C=O) groups excluding carboxylic acids is 1. The van der Waals surface area contributed by atoms with E-state index in [9.17, 15) is 9.59 Å². The maximum Gasteiger partial charge on any atom is 0.340 e. The topological polar surface area (TPSA) is 103 Å². The van der Waals surface area contributed by atoms with Crippen molar-refractivity contribution in [1.82, 2.24) is 14.9 Å². The first-order chi connectivity index (χ1) is 15.0. The molecule has 31 heavy (non-hydrogen) atoms. The highest BCUT2D eigenvalue weighted by atomic mass is 16.4. The standard InChI is InChI=1S/C23H18N4O4/c1-13-16-8-18-19(15-6-4-3-5-7-15)10-30-21(18)14(2)22(16)31-23(29)17(13)9-20(28)26-27-11-24-25-12-27/h3-8,10-12H,9H2,1-2H3,(H,26,28). The van der Waals surface area contributed by atoms with Gasteiger partial charge < -0.3 is 8.83 Å². The molecule has 3 aromatic heterocycles. The Morgan fingerprint density at radius 3 is 2.52 bits per heavy atom. The third kappa shape index (κ3) is 3.18. The Balaban J connectivity index is 1.65. The zero-order chi connectivity index (χ0) is 21.5. The van der Waals surface area contributed by atoms with Crippen LogP contribution in [0.25, 0.3) is 33.1 Å². The zero-order valence-corrected chi connectivity index (χ0v) is 16.9. The summed E-state index contributed by atoms with van der Waals surface area (Å²) in [6.07, 6.45) is 4.30. The summed E-state index contributed by atoms with van der Waals surface area (Å²) < 4.78 is 12.8. The Morgan fingerprint density at radius 1 is 1.03 bits per heavy atom. The smallest absolute Gasteiger partial charge is 0.340 e. The van der Waals surface area contributed by atoms with E-state index in [0.717, 1.165) is 27.5 Å². The van der Waals surface area contributed by atoms with Gasteiger partial charge in [-0.1, -0.05) is 30.3 Å². The first-order valence-corrected chi connectivity index (χ1v) is 9.70. The number of aromatic nitrogens is 3. The second-order valence-corrected chi connectivity index (χ2v) is 7.34. The molecule has 1 amide bonds. The average molecular weight is 414 g/mol. The number of fused-ring (bicyclic) bond motifs is 2. The summed E-state index contributed by atoms with van der Waals surface area (Å²) in [6.45, 7) is 3.69. The van der Waals surface area contributed by atoms with E-state index in [2.05, 4.69) is 15.6 Å². The van der Waals surface area contributed by atoms with E-state index in [4.69, 9.17) is 8.83 Å². The highest BCUT2D eigenvalue weighted by Gasteiger charge is 2.20. The molecule has 0 saturated carbocycles. The van der Waals surface area contributed by atoms with Crippen molar-refractivity contribution in [3.63, 3.8) is 0 Å². The van der Waals surface area contributed by atoms with Gasteiger partial charge in [0.25, 0.3) is 0 Å². The lowest BCUT2D eigenvalue weighted by Gasteiger charge is -2.10. The van der Waals surface area contributed by atoms with Crippen LogP contribution >= 0.6 is 0 Å². The van der Waals surface area contributed by atoms with E-state index >= 15 is 0 Å². The number of amides is 1. The Hall–Kier alpha value is -4.20. The van der Waals surface area contributed by atoms with E-state index in [0.29, 0.717) is 22.3 Å². The van der Waals surface area contributed by atoms with Crippen LogP contribution in [-0.2, 0) is 11.2 Å². The number of hydrogen-bond acceptors (Lipinski definition) is 6. The van der Waals surface area contributed by atoms with Crippen molar-refractivity contribution in [2.45, 2.75) is 20.3 Å². The molecule has 0 bridgehead atoms. The molecule has 0 saturated heterocycles. The van der Waals surface area contributed by atoms with E-state index in [1.54, 1.807) is 6.26 Å². The van der Waals surface area contributed by atoms with Gasteiger partial charge in [-0.15, -0.1) is 10.2 Å². The van der Waals surface area contributed by atoms with Crippen LogP contribution in [0.1, 0.15) is 16.7 Å². The molecule has 0 unspecified atom stereocenters. The maximum absolute atomic E-state index is 12.7. The molecule has 0 aliphatic carbocycles. The lowest BCUT2D eigenvalue weighted by Crippen LogP contribution is -2.26. The molecule has 0 atom stereocenters. The quantitative estimate of drug-likeness (QED) is 0.450. The van der Waals surface area contributed by atoms with Crippen LogP contribution in [0.4, 0.5) is 0 Å². The number of nitrogens with one attached hydrogen (secondary N) is 1. The Labute approximate surface area is 176 Å². The molecule has 1 N–H and O–H groups in total. The Bertz CT molecular complexity index is 1480. The van der Waals surface area contributed by atoms with Crippen molar-refractivity contribution < 1.29 is 13.6 Å². The van der Waals surface area contributed by atoms with Crippen LogP contribution < -0.4 is 11.1 Å². The molecular formula is C23H18N4O4. The van der Waals surface area contributed by atoms with E-state index < -0.39 is 5.63 Å². The van der Waals surface area contributed by atoms with Gasteiger partial charge in [0.05, 0.1) is 18.2 Å². The van der Waals surface area contributed by atoms with Crippen molar-refractivity contribution in [3.8, 4) is 11.1 Å². The summed E-state index contributed by atoms with van der Waals surface area (Å²) >= 11 is 0. The molecule has 0 aliphatic rings. The number of rotatable bonds is 4. The number of carbonyl (C=O) groups is 1. The molecule has 5 aromatic rings. The predicted molar refractivity (Wildman–Crippen MR) is 115 cm³/mol. The van der Waals surface area contributed by atoms with Gasteiger partial charge in [-0.2, -0.15) is 0 Å². The van der Waals surface area contributed by atoms with E-state index in [-0.39, 0.29) is 12.3 Å². The molecule has 3 heterocycles. The van der Waals surface area contributed by atoms with Crippen molar-refractivity contribution in [2.24, 2.45) is 0 Å². The van der Waals surface area contributed by atoms with Crippen LogP contribution in [0.15, 0.2) is 68.9 Å². The fraction of sp³-hybridized carbons (Fsp3) is 0.130. The van der Waals surface area contributed by atoms with Gasteiger partial charge in [0.1, 0.15) is 23.8 Å². The minimum atomic E-state index is -0.541. The minimum Gasteiger partial charge on any atom is -0.463 e. The van der Waals surface area contributed by atoms with Crippen LogP contribution in [0.5, 0.6) is 0 Å². The summed E-state index contributed by atoms with van der Waals surface area (Å²) in [5, 5.41) is 8.97. The third-order valence-electron chi connectivity index (χ3n) is 5.44. The molecular weight excluding hydrogens is 396 g/mol. The summed E-state index contributed by atoms with van der Waals surface area (Å²) in [5.41, 5.74) is 6.94. The summed E-state index contributed by atoms with van der Waals surface area (Å²) in [5.74, 6) is -0.374. The first-order valence-electron chi connectivity index (χ1n) is 9.70. The van der Waals surface area contributed by atoms with Gasteiger partial charge >= 0.3 is 5.63 Å². The van der Waals surface area contributed by atoms with Crippen molar-refractivity contribution in [1.29, 1.82) is 0 Å². The highest BCUT2D eigenvalue weighted by Crippen LogP contribution is 2.37. The minimum absolute atomic E-state index is 0.129. The van der Waals surface area contributed by atoms with E-state index in [1.807, 2.05) is 50.2 Å². The van der Waals surface area contributed by atoms with Gasteiger partial charge in [0, 0.05) is 21.9 Å². The third-order valence-corrected chi connectivity index (χ3v) is 5.44. The van der Waals surface area contributed by atoms with Crippen LogP contribution in [0.3, 0.4) is 0 Å². The zero-order valence-electron chi connectivity index (χ0n) is 16.9. The SMILES string of the molecule is Cc1c(CC(=O)Nn2cnnc2)c(=O)oc2c(C)c3occ(-c4ccccc4)c3cc12. The first kappa shape index (κ1) is 18.8. The number of furan rings is 1. The molecule has 0 spiro atoms. The maximum atomic E-state index is 12.7. The number of benzene rings is 2. The lowest BCUT2D eigenvalue weighted by molar-refractivity contribution is -0.116. The van der Waals surface area contributed by atoms with Gasteiger partial charge in [-0.25, -0.2) is 9.47 Å². The Kier molecular flexibility index (Phi) is 4.39. The molecule has 8 heteroatoms. The number of hydrogen-bond donors (Lipinski definition) is 1. The molecule has 8 nitrogen and oxygen atoms in total. The van der Waals surface area contributed by atoms with Crippen molar-refractivity contribution >= 4 is 27.8 Å². The summed E-state index contributed by atoms with van der Waals surface area (Å²) in [7, 11) is 0. The molecule has 154 valence electrons. The van der Waals surface area contributed by atoms with Crippen molar-refractivity contribution in [3.05, 3.63) is 82.4 Å². The highest BCUT2D eigenvalue weighted by molar-refractivity contribution is 6.05. The van der Waals surface area contributed by atoms with E-state index in [1.165, 1.54) is 17.3 Å². The monoisotopic (exact) mass is 414 g/mol. The van der Waals surface area contributed by atoms with Gasteiger partial charge in [-0.3, -0.25) is 10.2 Å². The molecule has 0 fully saturated rings. The van der Waals surface area contributed by atoms with Gasteiger partial charge in [0.2, 0.25) is 5.91 Å². The van der Waals surface area contributed by atoms with Crippen LogP contribution in [0, 0.1) is 13.8 Å². The number of aryl methyl sites for hydroxylation is 2. The predicted octanol–water partition coefficient (Wildman–Crippen LogP) is 3.73. The number of nitrogens with zero attached hydrogens (tertiary/aromatic N) is 3. The summed E-state index contributed by atoms with van der Waals surface area (Å²) in [6, 6.07) is 11.9. The second-order valence-electron chi connectivity index (χ2n) is 7.34. The average Bonchev–Trinajstić information content (AvgIpc) is 3.43. The van der Waals surface area contributed by atoms with Crippen molar-refractivity contribution in [2.75, 3.05) is 5.43 Å². The molecule has 0 aliphatic heterocycles. The van der Waals surface area contributed by atoms with Crippen LogP contribution in [0.2, 0.25) is 0 Å². The largest absolute Gasteiger partial charge is 0.463 e. The fourth-order valence-electron chi connectivity index (χ4n) is 3.84. The molecule has 5 rings (SSSR count). The summed E-state index contributed by atoms with van der Waals surface area (Å²) in [4.78, 5) is 25.1. The Morgan fingerprint density at radius 2 is 1.77 bits per heavy atom. The lowest BCUT2D eigenvalue weighted by atomic mass is 9.97. The normalized spacial score (nSPS) is 11.3. The molecule has 2 aromatic carbocycles. The molecule has 0 radical (unpaired) electrons.